The lowest BCUT2D eigenvalue weighted by atomic mass is 10.3. The van der Waals surface area contributed by atoms with Crippen molar-refractivity contribution in [2.75, 3.05) is 6.26 Å². The Morgan fingerprint density at radius 1 is 1.59 bits per heavy atom. The van der Waals surface area contributed by atoms with Gasteiger partial charge in [-0.1, -0.05) is 18.5 Å². The van der Waals surface area contributed by atoms with Gasteiger partial charge in [0.1, 0.15) is 5.82 Å². The predicted molar refractivity (Wildman–Crippen MR) is 75.1 cm³/mol. The first kappa shape index (κ1) is 12.9. The van der Waals surface area contributed by atoms with E-state index in [0.29, 0.717) is 15.5 Å². The quantitative estimate of drug-likeness (QED) is 0.853. The lowest BCUT2D eigenvalue weighted by Gasteiger charge is -2.10. The van der Waals surface area contributed by atoms with Crippen LogP contribution in [0.15, 0.2) is 12.1 Å². The number of aromatic nitrogens is 2. The zero-order valence-electron chi connectivity index (χ0n) is 9.46. The van der Waals surface area contributed by atoms with Crippen LogP contribution in [0.4, 0.5) is 4.39 Å². The third-order valence-corrected chi connectivity index (χ3v) is 4.22. The number of fused-ring (bicyclic) bond motifs is 1. The number of benzene rings is 1. The minimum atomic E-state index is -0.430. The lowest BCUT2D eigenvalue weighted by molar-refractivity contribution is 0.629. The molecule has 0 saturated carbocycles. The van der Waals surface area contributed by atoms with Gasteiger partial charge in [0, 0.05) is 17.9 Å². The summed E-state index contributed by atoms with van der Waals surface area (Å²) in [5, 5.41) is 0.557. The van der Waals surface area contributed by atoms with Gasteiger partial charge in [-0.15, -0.1) is 0 Å². The summed E-state index contributed by atoms with van der Waals surface area (Å²) in [5.41, 5.74) is 1.53. The molecule has 1 atom stereocenters. The van der Waals surface area contributed by atoms with E-state index in [-0.39, 0.29) is 5.02 Å². The van der Waals surface area contributed by atoms with Crippen molar-refractivity contribution in [2.24, 2.45) is 0 Å². The molecule has 1 N–H and O–H groups in total. The molecule has 2 nitrogen and oxygen atoms in total. The van der Waals surface area contributed by atoms with E-state index in [1.165, 1.54) is 6.07 Å². The summed E-state index contributed by atoms with van der Waals surface area (Å²) in [7, 11) is 0. The third-order valence-electron chi connectivity index (χ3n) is 2.66. The van der Waals surface area contributed by atoms with Crippen LogP contribution in [0, 0.1) is 10.6 Å². The second-order valence-corrected chi connectivity index (χ2v) is 5.94. The summed E-state index contributed by atoms with van der Waals surface area (Å²) in [4.78, 5) is 2.99. The van der Waals surface area contributed by atoms with Crippen molar-refractivity contribution in [3.63, 3.8) is 0 Å². The van der Waals surface area contributed by atoms with Gasteiger partial charge in [-0.05, 0) is 24.5 Å². The number of nitrogens with zero attached hydrogens (tertiary/aromatic N) is 1. The molecule has 92 valence electrons. The van der Waals surface area contributed by atoms with Crippen LogP contribution >= 0.6 is 35.6 Å². The van der Waals surface area contributed by atoms with E-state index in [1.807, 2.05) is 4.57 Å². The van der Waals surface area contributed by atoms with E-state index in [0.717, 1.165) is 12.1 Å². The molecule has 0 aliphatic heterocycles. The number of aromatic amines is 1. The maximum absolute atomic E-state index is 13.3. The van der Waals surface area contributed by atoms with Gasteiger partial charge in [-0.3, -0.25) is 0 Å². The van der Waals surface area contributed by atoms with E-state index in [4.69, 9.17) is 23.8 Å². The molecule has 1 unspecified atom stereocenters. The topological polar surface area (TPSA) is 20.7 Å². The second-order valence-electron chi connectivity index (χ2n) is 3.87. The maximum atomic E-state index is 13.3. The molecule has 0 bridgehead atoms. The fraction of sp³-hybridized carbons (Fsp3) is 0.364. The molecule has 0 aliphatic rings. The Morgan fingerprint density at radius 3 is 2.94 bits per heavy atom. The molecule has 17 heavy (non-hydrogen) atoms. The highest BCUT2D eigenvalue weighted by atomic mass is 35.5. The van der Waals surface area contributed by atoms with Crippen LogP contribution in [0.2, 0.25) is 5.02 Å². The Morgan fingerprint density at radius 2 is 2.29 bits per heavy atom. The maximum Gasteiger partial charge on any atom is 0.178 e. The van der Waals surface area contributed by atoms with Crippen molar-refractivity contribution >= 4 is 46.6 Å². The van der Waals surface area contributed by atoms with Crippen molar-refractivity contribution in [1.29, 1.82) is 0 Å². The van der Waals surface area contributed by atoms with E-state index in [1.54, 1.807) is 17.8 Å². The van der Waals surface area contributed by atoms with Gasteiger partial charge < -0.3 is 9.55 Å². The molecule has 6 heteroatoms. The zero-order valence-corrected chi connectivity index (χ0v) is 11.8. The number of H-pyrrole nitrogens is 1. The number of nitrogens with one attached hydrogen (secondary N) is 1. The Balaban J connectivity index is 2.58. The summed E-state index contributed by atoms with van der Waals surface area (Å²) >= 11 is 12.8. The van der Waals surface area contributed by atoms with Crippen LogP contribution in [-0.2, 0) is 6.54 Å². The van der Waals surface area contributed by atoms with Gasteiger partial charge in [0.25, 0.3) is 0 Å². The molecule has 1 aromatic heterocycles. The SMILES string of the molecule is CSC(C)Cn1c(=S)[nH]c2cc(F)c(Cl)cc21. The van der Waals surface area contributed by atoms with E-state index in [2.05, 4.69) is 18.2 Å². The summed E-state index contributed by atoms with van der Waals surface area (Å²) in [6.45, 7) is 2.90. The van der Waals surface area contributed by atoms with Crippen LogP contribution in [0.5, 0.6) is 0 Å². The fourth-order valence-electron chi connectivity index (χ4n) is 1.66. The van der Waals surface area contributed by atoms with Crippen molar-refractivity contribution in [2.45, 2.75) is 18.7 Å². The number of imidazole rings is 1. The highest BCUT2D eigenvalue weighted by molar-refractivity contribution is 7.99. The molecule has 0 fully saturated rings. The molecule has 0 radical (unpaired) electrons. The van der Waals surface area contributed by atoms with Crippen LogP contribution < -0.4 is 0 Å². The summed E-state index contributed by atoms with van der Waals surface area (Å²) < 4.78 is 15.9. The minimum absolute atomic E-state index is 0.122. The smallest absolute Gasteiger partial charge is 0.178 e. The largest absolute Gasteiger partial charge is 0.330 e. The van der Waals surface area contributed by atoms with Gasteiger partial charge >= 0.3 is 0 Å². The van der Waals surface area contributed by atoms with E-state index < -0.39 is 5.82 Å². The van der Waals surface area contributed by atoms with Gasteiger partial charge in [0.2, 0.25) is 0 Å². The van der Waals surface area contributed by atoms with Crippen molar-refractivity contribution < 1.29 is 4.39 Å². The molecule has 2 aromatic rings. The van der Waals surface area contributed by atoms with Crippen molar-refractivity contribution in [3.8, 4) is 0 Å². The molecule has 2 rings (SSSR count). The number of halogens is 2. The molecule has 0 spiro atoms. The first-order valence-corrected chi connectivity index (χ1v) is 7.20. The van der Waals surface area contributed by atoms with Gasteiger partial charge in [-0.2, -0.15) is 11.8 Å². The fourth-order valence-corrected chi connectivity index (χ4v) is 2.40. The number of rotatable bonds is 3. The number of hydrogen-bond donors (Lipinski definition) is 1. The van der Waals surface area contributed by atoms with Crippen LogP contribution in [0.3, 0.4) is 0 Å². The van der Waals surface area contributed by atoms with E-state index >= 15 is 0 Å². The predicted octanol–water partition coefficient (Wildman–Crippen LogP) is 4.24. The highest BCUT2D eigenvalue weighted by Crippen LogP contribution is 2.23. The average molecular weight is 291 g/mol. The molecule has 1 aromatic carbocycles. The molecular formula is C11H12ClFN2S2. The normalized spacial score (nSPS) is 13.2. The van der Waals surface area contributed by atoms with Crippen LogP contribution in [0.1, 0.15) is 6.92 Å². The molecule has 0 amide bonds. The summed E-state index contributed by atoms with van der Waals surface area (Å²) in [5.74, 6) is -0.430. The zero-order chi connectivity index (χ0) is 12.6. The molecule has 1 heterocycles. The Hall–Kier alpha value is -0.520. The van der Waals surface area contributed by atoms with Crippen LogP contribution in [0.25, 0.3) is 11.0 Å². The van der Waals surface area contributed by atoms with Gasteiger partial charge in [0.05, 0.1) is 16.1 Å². The summed E-state index contributed by atoms with van der Waals surface area (Å²) in [6.07, 6.45) is 2.05. The first-order valence-electron chi connectivity index (χ1n) is 5.13. The average Bonchev–Trinajstić information content (AvgIpc) is 2.56. The number of hydrogen-bond acceptors (Lipinski definition) is 2. The van der Waals surface area contributed by atoms with Crippen LogP contribution in [-0.4, -0.2) is 21.1 Å². The summed E-state index contributed by atoms with van der Waals surface area (Å²) in [6, 6.07) is 3.00. The number of thioether (sulfide) groups is 1. The third kappa shape index (κ3) is 2.51. The monoisotopic (exact) mass is 290 g/mol. The minimum Gasteiger partial charge on any atom is -0.330 e. The Labute approximate surface area is 113 Å². The highest BCUT2D eigenvalue weighted by Gasteiger charge is 2.10. The van der Waals surface area contributed by atoms with Gasteiger partial charge in [-0.25, -0.2) is 4.39 Å². The van der Waals surface area contributed by atoms with Crippen molar-refractivity contribution in [3.05, 3.63) is 27.7 Å². The lowest BCUT2D eigenvalue weighted by Crippen LogP contribution is -2.08. The Kier molecular flexibility index (Phi) is 3.80. The standard InChI is InChI=1S/C11H12ClFN2S2/c1-6(17-2)5-15-10-3-7(12)8(13)4-9(10)14-11(15)16/h3-4,6H,5H2,1-2H3,(H,14,16). The van der Waals surface area contributed by atoms with E-state index in [9.17, 15) is 4.39 Å². The molecular weight excluding hydrogens is 279 g/mol. The molecule has 0 saturated heterocycles. The second kappa shape index (κ2) is 5.00. The van der Waals surface area contributed by atoms with Crippen molar-refractivity contribution in [1.82, 2.24) is 9.55 Å². The van der Waals surface area contributed by atoms with Gasteiger partial charge in [0.15, 0.2) is 4.77 Å². The molecule has 0 aliphatic carbocycles. The Bertz CT molecular complexity index is 605. The first-order chi connectivity index (χ1) is 8.02.